The lowest BCUT2D eigenvalue weighted by Crippen LogP contribution is -2.25. The number of aromatic nitrogens is 2. The molecule has 0 atom stereocenters. The molecule has 0 radical (unpaired) electrons. The second kappa shape index (κ2) is 9.99. The molecule has 0 aliphatic heterocycles. The first kappa shape index (κ1) is 19.2. The zero-order chi connectivity index (χ0) is 18.1. The molecule has 5 nitrogen and oxygen atoms in total. The maximum Gasteiger partial charge on any atom is 0.221 e. The number of hydrogen-bond donors (Lipinski definition) is 1. The minimum atomic E-state index is 0.410. The maximum atomic E-state index is 5.80. The number of aryl methyl sites for hydroxylation is 1. The van der Waals surface area contributed by atoms with Crippen LogP contribution in [-0.2, 0) is 6.54 Å². The second-order valence-electron chi connectivity index (χ2n) is 6.55. The van der Waals surface area contributed by atoms with E-state index in [2.05, 4.69) is 53.1 Å². The van der Waals surface area contributed by atoms with Crippen molar-refractivity contribution in [3.8, 4) is 0 Å². The van der Waals surface area contributed by atoms with Crippen molar-refractivity contribution in [2.24, 2.45) is 5.10 Å². The zero-order valence-corrected chi connectivity index (χ0v) is 15.8. The van der Waals surface area contributed by atoms with Crippen molar-refractivity contribution in [3.05, 3.63) is 47.3 Å². The van der Waals surface area contributed by atoms with Crippen molar-refractivity contribution < 1.29 is 0 Å². The molecule has 0 saturated heterocycles. The number of unbranched alkanes of at least 4 members (excludes halogenated alkanes) is 2. The van der Waals surface area contributed by atoms with Crippen LogP contribution < -0.4 is 5.73 Å². The highest BCUT2D eigenvalue weighted by atomic mass is 15.4. The average molecular weight is 342 g/mol. The Morgan fingerprint density at radius 3 is 2.28 bits per heavy atom. The minimum Gasteiger partial charge on any atom is -0.368 e. The van der Waals surface area contributed by atoms with Gasteiger partial charge in [0.15, 0.2) is 0 Å². The first-order valence-corrected chi connectivity index (χ1v) is 9.29. The van der Waals surface area contributed by atoms with Gasteiger partial charge >= 0.3 is 0 Å². The molecule has 5 heteroatoms. The number of nitrogens with zero attached hydrogens (tertiary/aromatic N) is 4. The molecule has 0 amide bonds. The van der Waals surface area contributed by atoms with Gasteiger partial charge in [-0.3, -0.25) is 4.90 Å². The molecule has 2 aromatic rings. The summed E-state index contributed by atoms with van der Waals surface area (Å²) in [5.74, 6) is 0.410. The van der Waals surface area contributed by atoms with E-state index in [0.29, 0.717) is 5.95 Å². The number of benzene rings is 1. The largest absolute Gasteiger partial charge is 0.368 e. The van der Waals surface area contributed by atoms with Crippen LogP contribution in [0.4, 0.5) is 5.95 Å². The second-order valence-corrected chi connectivity index (χ2v) is 6.55. The quantitative estimate of drug-likeness (QED) is 0.663. The predicted octanol–water partition coefficient (Wildman–Crippen LogP) is 4.06. The Morgan fingerprint density at radius 1 is 1.12 bits per heavy atom. The van der Waals surface area contributed by atoms with E-state index in [-0.39, 0.29) is 0 Å². The van der Waals surface area contributed by atoms with Crippen LogP contribution in [0.3, 0.4) is 0 Å². The fourth-order valence-corrected chi connectivity index (χ4v) is 2.73. The van der Waals surface area contributed by atoms with Crippen molar-refractivity contribution in [1.82, 2.24) is 14.6 Å². The molecule has 0 bridgehead atoms. The molecule has 0 spiro atoms. The molecule has 136 valence electrons. The highest BCUT2D eigenvalue weighted by Crippen LogP contribution is 2.10. The Balaban J connectivity index is 1.96. The highest BCUT2D eigenvalue weighted by Gasteiger charge is 2.05. The normalized spacial score (nSPS) is 11.7. The number of anilines is 1. The van der Waals surface area contributed by atoms with Gasteiger partial charge in [0.2, 0.25) is 5.95 Å². The summed E-state index contributed by atoms with van der Waals surface area (Å²) >= 11 is 0. The Kier molecular flexibility index (Phi) is 7.67. The van der Waals surface area contributed by atoms with E-state index in [1.54, 1.807) is 4.68 Å². The number of imidazole rings is 1. The lowest BCUT2D eigenvalue weighted by molar-refractivity contribution is 0.257. The third-order valence-corrected chi connectivity index (χ3v) is 4.21. The third-order valence-electron chi connectivity index (χ3n) is 4.21. The van der Waals surface area contributed by atoms with Gasteiger partial charge in [-0.1, -0.05) is 51.0 Å². The lowest BCUT2D eigenvalue weighted by atomic mass is 10.1. The van der Waals surface area contributed by atoms with Crippen molar-refractivity contribution in [3.63, 3.8) is 0 Å². The van der Waals surface area contributed by atoms with Crippen LogP contribution >= 0.6 is 0 Å². The molecule has 0 aliphatic rings. The summed E-state index contributed by atoms with van der Waals surface area (Å²) in [6.07, 6.45) is 8.65. The number of nitrogen functional groups attached to an aromatic ring is 1. The standard InChI is InChI=1S/C20H31N5/c1-4-6-12-24(13-7-5-2)16-19-10-8-18(9-11-19)14-22-25-15-17(3)23-20(25)21/h8-11,14-15H,4-7,12-13,16H2,1-3H3,(H2,21,23). The smallest absolute Gasteiger partial charge is 0.221 e. The Bertz CT molecular complexity index is 649. The molecule has 0 fully saturated rings. The van der Waals surface area contributed by atoms with Crippen LogP contribution in [0.1, 0.15) is 56.4 Å². The molecule has 2 N–H and O–H groups in total. The lowest BCUT2D eigenvalue weighted by Gasteiger charge is -2.22. The van der Waals surface area contributed by atoms with Crippen molar-refractivity contribution in [2.75, 3.05) is 18.8 Å². The van der Waals surface area contributed by atoms with Crippen LogP contribution in [0, 0.1) is 6.92 Å². The summed E-state index contributed by atoms with van der Waals surface area (Å²) in [5.41, 5.74) is 9.07. The molecule has 25 heavy (non-hydrogen) atoms. The first-order chi connectivity index (χ1) is 12.1. The van der Waals surface area contributed by atoms with Gasteiger partial charge in [-0.05, 0) is 44.0 Å². The van der Waals surface area contributed by atoms with Crippen molar-refractivity contribution in [1.29, 1.82) is 0 Å². The summed E-state index contributed by atoms with van der Waals surface area (Å²) in [6.45, 7) is 9.78. The van der Waals surface area contributed by atoms with E-state index < -0.39 is 0 Å². The number of hydrogen-bond acceptors (Lipinski definition) is 4. The Hall–Kier alpha value is -2.14. The molecular formula is C20H31N5. The van der Waals surface area contributed by atoms with E-state index in [9.17, 15) is 0 Å². The van der Waals surface area contributed by atoms with Gasteiger partial charge in [0.25, 0.3) is 0 Å². The van der Waals surface area contributed by atoms with E-state index >= 15 is 0 Å². The van der Waals surface area contributed by atoms with Crippen LogP contribution in [0.15, 0.2) is 35.6 Å². The Morgan fingerprint density at radius 2 is 1.76 bits per heavy atom. The number of rotatable bonds is 10. The zero-order valence-electron chi connectivity index (χ0n) is 15.8. The Labute approximate surface area is 151 Å². The third kappa shape index (κ3) is 6.35. The minimum absolute atomic E-state index is 0.410. The summed E-state index contributed by atoms with van der Waals surface area (Å²) in [5, 5.41) is 4.36. The summed E-state index contributed by atoms with van der Waals surface area (Å²) in [6, 6.07) is 8.59. The van der Waals surface area contributed by atoms with Gasteiger partial charge in [-0.25, -0.2) is 9.66 Å². The van der Waals surface area contributed by atoms with Gasteiger partial charge in [-0.2, -0.15) is 5.10 Å². The molecular weight excluding hydrogens is 310 g/mol. The fraction of sp³-hybridized carbons (Fsp3) is 0.500. The molecule has 0 unspecified atom stereocenters. The van der Waals surface area contributed by atoms with Gasteiger partial charge in [0, 0.05) is 6.54 Å². The summed E-state index contributed by atoms with van der Waals surface area (Å²) in [4.78, 5) is 6.70. The number of nitrogens with two attached hydrogens (primary N) is 1. The van der Waals surface area contributed by atoms with Gasteiger partial charge in [-0.15, -0.1) is 0 Å². The molecule has 0 aliphatic carbocycles. The van der Waals surface area contributed by atoms with Crippen molar-refractivity contribution in [2.45, 2.75) is 53.0 Å². The average Bonchev–Trinajstić information content (AvgIpc) is 2.94. The first-order valence-electron chi connectivity index (χ1n) is 9.29. The molecule has 1 aromatic carbocycles. The predicted molar refractivity (Wildman–Crippen MR) is 106 cm³/mol. The summed E-state index contributed by atoms with van der Waals surface area (Å²) in [7, 11) is 0. The topological polar surface area (TPSA) is 59.4 Å². The summed E-state index contributed by atoms with van der Waals surface area (Å²) < 4.78 is 1.60. The van der Waals surface area contributed by atoms with Crippen LogP contribution in [0.2, 0.25) is 0 Å². The van der Waals surface area contributed by atoms with Crippen LogP contribution in [-0.4, -0.2) is 33.9 Å². The molecule has 2 rings (SSSR count). The van der Waals surface area contributed by atoms with E-state index in [0.717, 1.165) is 17.8 Å². The highest BCUT2D eigenvalue weighted by molar-refractivity contribution is 5.79. The van der Waals surface area contributed by atoms with Gasteiger partial charge in [0.1, 0.15) is 0 Å². The van der Waals surface area contributed by atoms with E-state index in [4.69, 9.17) is 5.73 Å². The molecule has 1 aromatic heterocycles. The molecule has 1 heterocycles. The van der Waals surface area contributed by atoms with Gasteiger partial charge < -0.3 is 5.73 Å². The SMILES string of the molecule is CCCCN(CCCC)Cc1ccc(C=Nn2cc(C)nc2N)cc1. The van der Waals surface area contributed by atoms with Crippen molar-refractivity contribution >= 4 is 12.2 Å². The monoisotopic (exact) mass is 341 g/mol. The van der Waals surface area contributed by atoms with Gasteiger partial charge in [0.05, 0.1) is 18.1 Å². The molecule has 0 saturated carbocycles. The van der Waals surface area contributed by atoms with Crippen LogP contribution in [0.25, 0.3) is 0 Å². The van der Waals surface area contributed by atoms with E-state index in [1.807, 2.05) is 19.3 Å². The van der Waals surface area contributed by atoms with E-state index in [1.165, 1.54) is 44.3 Å². The van der Waals surface area contributed by atoms with Crippen LogP contribution in [0.5, 0.6) is 0 Å². The maximum absolute atomic E-state index is 5.80. The fourth-order valence-electron chi connectivity index (χ4n) is 2.73.